The number of amides is 1. The van der Waals surface area contributed by atoms with Crippen molar-refractivity contribution in [2.75, 3.05) is 13.1 Å². The van der Waals surface area contributed by atoms with E-state index in [4.69, 9.17) is 0 Å². The van der Waals surface area contributed by atoms with E-state index in [2.05, 4.69) is 36.2 Å². The largest absolute Gasteiger partial charge is 0.334 e. The van der Waals surface area contributed by atoms with Gasteiger partial charge in [0.05, 0.1) is 0 Å². The quantitative estimate of drug-likeness (QED) is 0.696. The molecule has 0 aromatic rings. The topological polar surface area (TPSA) is 32.3 Å². The number of nitrogens with zero attached hydrogens (tertiary/aromatic N) is 1. The van der Waals surface area contributed by atoms with Crippen molar-refractivity contribution >= 4 is 5.91 Å². The molecule has 2 bridgehead atoms. The minimum absolute atomic E-state index is 0.221. The summed E-state index contributed by atoms with van der Waals surface area (Å²) in [6.07, 6.45) is 6.72. The number of piperazine rings is 1. The van der Waals surface area contributed by atoms with E-state index in [9.17, 15) is 4.79 Å². The minimum Gasteiger partial charge on any atom is -0.334 e. The smallest absolute Gasteiger partial charge is 0.226 e. The van der Waals surface area contributed by atoms with Gasteiger partial charge in [-0.1, -0.05) is 26.0 Å². The second-order valence-electron chi connectivity index (χ2n) is 6.01. The van der Waals surface area contributed by atoms with Crippen molar-refractivity contribution in [3.63, 3.8) is 0 Å². The van der Waals surface area contributed by atoms with Crippen LogP contribution in [-0.2, 0) is 4.79 Å². The molecule has 0 saturated carbocycles. The number of carbonyl (C=O) groups is 1. The molecule has 3 nitrogen and oxygen atoms in total. The molecule has 3 unspecified atom stereocenters. The van der Waals surface area contributed by atoms with Gasteiger partial charge in [-0.25, -0.2) is 0 Å². The summed E-state index contributed by atoms with van der Waals surface area (Å²) in [5, 5.41) is 3.38. The van der Waals surface area contributed by atoms with Crippen LogP contribution in [0.3, 0.4) is 0 Å². The summed E-state index contributed by atoms with van der Waals surface area (Å²) < 4.78 is 0. The SMILES string of the molecule is C[C@@H]1C=C[C@H](C)CC1C(=O)N1C2CNCC1C2. The normalized spacial score (nSPS) is 44.4. The molecule has 3 rings (SSSR count). The van der Waals surface area contributed by atoms with Crippen LogP contribution in [-0.4, -0.2) is 36.0 Å². The number of fused-ring (bicyclic) bond motifs is 2. The summed E-state index contributed by atoms with van der Waals surface area (Å²) in [5.41, 5.74) is 0. The summed E-state index contributed by atoms with van der Waals surface area (Å²) in [7, 11) is 0. The molecular formula is C14H22N2O. The summed E-state index contributed by atoms with van der Waals surface area (Å²) in [4.78, 5) is 14.8. The third-order valence-electron chi connectivity index (χ3n) is 4.67. The van der Waals surface area contributed by atoms with Crippen LogP contribution in [0.25, 0.3) is 0 Å². The molecule has 2 saturated heterocycles. The van der Waals surface area contributed by atoms with Crippen molar-refractivity contribution < 1.29 is 4.79 Å². The molecule has 2 aliphatic heterocycles. The average Bonchev–Trinajstić information content (AvgIpc) is 2.33. The fourth-order valence-electron chi connectivity index (χ4n) is 3.55. The Balaban J connectivity index is 1.72. The monoisotopic (exact) mass is 234 g/mol. The highest BCUT2D eigenvalue weighted by molar-refractivity contribution is 5.81. The van der Waals surface area contributed by atoms with E-state index in [0.717, 1.165) is 19.5 Å². The molecule has 2 heterocycles. The van der Waals surface area contributed by atoms with Gasteiger partial charge in [0.2, 0.25) is 5.91 Å². The summed E-state index contributed by atoms with van der Waals surface area (Å²) in [6.45, 7) is 6.38. The standard InChI is InChI=1S/C14H22N2O/c1-9-3-4-10(2)13(5-9)14(17)16-11-6-12(16)8-15-7-11/h3-4,9-13,15H,5-8H2,1-2H3/t9-,10+,11?,12?,13?/m0/s1. The Morgan fingerprint density at radius 2 is 1.88 bits per heavy atom. The van der Waals surface area contributed by atoms with Gasteiger partial charge < -0.3 is 10.2 Å². The number of hydrogen-bond donors (Lipinski definition) is 1. The van der Waals surface area contributed by atoms with Crippen molar-refractivity contribution in [1.82, 2.24) is 10.2 Å². The highest BCUT2D eigenvalue weighted by atomic mass is 16.2. The first kappa shape index (κ1) is 11.3. The van der Waals surface area contributed by atoms with Crippen molar-refractivity contribution in [3.05, 3.63) is 12.2 Å². The molecule has 17 heavy (non-hydrogen) atoms. The third kappa shape index (κ3) is 1.81. The highest BCUT2D eigenvalue weighted by Crippen LogP contribution is 2.35. The number of allylic oxidation sites excluding steroid dienone is 2. The van der Waals surface area contributed by atoms with E-state index in [0.29, 0.717) is 29.8 Å². The maximum absolute atomic E-state index is 12.6. The zero-order valence-electron chi connectivity index (χ0n) is 10.7. The first-order valence-corrected chi connectivity index (χ1v) is 6.88. The van der Waals surface area contributed by atoms with E-state index in [1.54, 1.807) is 0 Å². The second kappa shape index (κ2) is 4.13. The molecule has 1 N–H and O–H groups in total. The molecule has 0 radical (unpaired) electrons. The predicted molar refractivity (Wildman–Crippen MR) is 67.5 cm³/mol. The maximum Gasteiger partial charge on any atom is 0.226 e. The van der Waals surface area contributed by atoms with Crippen molar-refractivity contribution in [3.8, 4) is 0 Å². The van der Waals surface area contributed by atoms with Gasteiger partial charge in [-0.05, 0) is 24.7 Å². The number of rotatable bonds is 1. The number of carbonyl (C=O) groups excluding carboxylic acids is 1. The van der Waals surface area contributed by atoms with E-state index < -0.39 is 0 Å². The highest BCUT2D eigenvalue weighted by Gasteiger charge is 2.46. The Hall–Kier alpha value is -0.830. The van der Waals surface area contributed by atoms with E-state index >= 15 is 0 Å². The van der Waals surface area contributed by atoms with Crippen molar-refractivity contribution in [2.45, 2.75) is 38.8 Å². The Bertz CT molecular complexity index is 338. The van der Waals surface area contributed by atoms with Crippen LogP contribution >= 0.6 is 0 Å². The lowest BCUT2D eigenvalue weighted by atomic mass is 9.77. The molecule has 2 fully saturated rings. The van der Waals surface area contributed by atoms with Crippen molar-refractivity contribution in [1.29, 1.82) is 0 Å². The Kier molecular flexibility index (Phi) is 2.74. The van der Waals surface area contributed by atoms with E-state index in [-0.39, 0.29) is 5.92 Å². The van der Waals surface area contributed by atoms with Crippen LogP contribution in [0.5, 0.6) is 0 Å². The van der Waals surface area contributed by atoms with Gasteiger partial charge in [0.25, 0.3) is 0 Å². The molecule has 1 aliphatic carbocycles. The molecule has 0 aromatic heterocycles. The average molecular weight is 234 g/mol. The van der Waals surface area contributed by atoms with Crippen LogP contribution in [0.4, 0.5) is 0 Å². The Morgan fingerprint density at radius 1 is 1.18 bits per heavy atom. The molecule has 3 heteroatoms. The van der Waals surface area contributed by atoms with Gasteiger partial charge in [-0.15, -0.1) is 0 Å². The van der Waals surface area contributed by atoms with Crippen LogP contribution < -0.4 is 5.32 Å². The molecular weight excluding hydrogens is 212 g/mol. The predicted octanol–water partition coefficient (Wildman–Crippen LogP) is 1.41. The van der Waals surface area contributed by atoms with E-state index in [1.165, 1.54) is 6.42 Å². The summed E-state index contributed by atoms with van der Waals surface area (Å²) in [6, 6.07) is 0.962. The van der Waals surface area contributed by atoms with Crippen molar-refractivity contribution in [2.24, 2.45) is 17.8 Å². The second-order valence-corrected chi connectivity index (χ2v) is 6.01. The lowest BCUT2D eigenvalue weighted by Gasteiger charge is -2.54. The molecule has 3 aliphatic rings. The van der Waals surface area contributed by atoms with Gasteiger partial charge in [-0.2, -0.15) is 0 Å². The van der Waals surface area contributed by atoms with Gasteiger partial charge in [0.1, 0.15) is 0 Å². The first-order valence-electron chi connectivity index (χ1n) is 6.88. The summed E-state index contributed by atoms with van der Waals surface area (Å²) >= 11 is 0. The molecule has 5 atom stereocenters. The van der Waals surface area contributed by atoms with Gasteiger partial charge in [0, 0.05) is 31.1 Å². The first-order chi connectivity index (χ1) is 8.16. The Labute approximate surface area is 103 Å². The van der Waals surface area contributed by atoms with Gasteiger partial charge >= 0.3 is 0 Å². The van der Waals surface area contributed by atoms with E-state index in [1.807, 2.05) is 0 Å². The lowest BCUT2D eigenvalue weighted by Crippen LogP contribution is -2.70. The van der Waals surface area contributed by atoms with Crippen LogP contribution in [0.15, 0.2) is 12.2 Å². The zero-order chi connectivity index (χ0) is 12.0. The zero-order valence-corrected chi connectivity index (χ0v) is 10.7. The van der Waals surface area contributed by atoms with Crippen LogP contribution in [0.1, 0.15) is 26.7 Å². The molecule has 0 spiro atoms. The third-order valence-corrected chi connectivity index (χ3v) is 4.67. The Morgan fingerprint density at radius 3 is 2.53 bits per heavy atom. The van der Waals surface area contributed by atoms with Crippen LogP contribution in [0, 0.1) is 17.8 Å². The molecule has 94 valence electrons. The number of piperidine rings is 1. The number of nitrogens with one attached hydrogen (secondary N) is 1. The maximum atomic E-state index is 12.6. The minimum atomic E-state index is 0.221. The van der Waals surface area contributed by atoms with Gasteiger partial charge in [-0.3, -0.25) is 4.79 Å². The fraction of sp³-hybridized carbons (Fsp3) is 0.786. The van der Waals surface area contributed by atoms with Crippen LogP contribution in [0.2, 0.25) is 0 Å². The molecule has 0 aromatic carbocycles. The summed E-state index contributed by atoms with van der Waals surface area (Å²) in [5.74, 6) is 1.60. The lowest BCUT2D eigenvalue weighted by molar-refractivity contribution is -0.154. The fourth-order valence-corrected chi connectivity index (χ4v) is 3.55. The van der Waals surface area contributed by atoms with Gasteiger partial charge in [0.15, 0.2) is 0 Å². The number of hydrogen-bond acceptors (Lipinski definition) is 2. The molecule has 1 amide bonds.